The summed E-state index contributed by atoms with van der Waals surface area (Å²) in [6, 6.07) is 0.866. The number of nitrogens with one attached hydrogen (secondary N) is 4. The number of allylic oxidation sites excluding steroid dienone is 2. The van der Waals surface area contributed by atoms with Crippen LogP contribution in [0.15, 0.2) is 23.4 Å². The van der Waals surface area contributed by atoms with Crippen molar-refractivity contribution < 1.29 is 4.79 Å². The summed E-state index contributed by atoms with van der Waals surface area (Å²) in [5.74, 6) is 0.538. The molecular weight excluding hydrogens is 276 g/mol. The molecule has 0 bridgehead atoms. The van der Waals surface area contributed by atoms with Crippen molar-refractivity contribution in [1.29, 1.82) is 0 Å². The van der Waals surface area contributed by atoms with Crippen molar-refractivity contribution in [2.75, 3.05) is 19.8 Å². The Balaban J connectivity index is 2.07. The van der Waals surface area contributed by atoms with E-state index in [2.05, 4.69) is 34.3 Å². The normalized spacial score (nSPS) is 31.5. The Hall–Kier alpha value is -1.17. The van der Waals surface area contributed by atoms with Gasteiger partial charge in [-0.3, -0.25) is 10.1 Å². The molecule has 0 spiro atoms. The van der Waals surface area contributed by atoms with Gasteiger partial charge >= 0.3 is 0 Å². The first-order chi connectivity index (χ1) is 10.6. The van der Waals surface area contributed by atoms with Crippen LogP contribution >= 0.6 is 0 Å². The van der Waals surface area contributed by atoms with E-state index < -0.39 is 0 Å². The van der Waals surface area contributed by atoms with Crippen LogP contribution in [-0.4, -0.2) is 37.7 Å². The molecule has 0 saturated carbocycles. The summed E-state index contributed by atoms with van der Waals surface area (Å²) in [4.78, 5) is 11.7. The van der Waals surface area contributed by atoms with Crippen LogP contribution in [0.2, 0.25) is 0 Å². The molecule has 0 aliphatic carbocycles. The number of rotatable bonds is 5. The fraction of sp³-hybridized carbons (Fsp3) is 0.706. The minimum absolute atomic E-state index is 0.0942. The molecule has 0 aromatic carbocycles. The average molecular weight is 306 g/mol. The number of hydrogen-bond donors (Lipinski definition) is 4. The van der Waals surface area contributed by atoms with Crippen molar-refractivity contribution in [1.82, 2.24) is 21.3 Å². The van der Waals surface area contributed by atoms with Gasteiger partial charge in [0.25, 0.3) is 0 Å². The molecule has 2 aliphatic heterocycles. The number of carbonyl (C=O) groups excluding carboxylic acids is 1. The van der Waals surface area contributed by atoms with Crippen molar-refractivity contribution in [3.8, 4) is 0 Å². The highest BCUT2D eigenvalue weighted by molar-refractivity contribution is 5.77. The second kappa shape index (κ2) is 8.46. The third kappa shape index (κ3) is 4.66. The van der Waals surface area contributed by atoms with Gasteiger partial charge in [-0.25, -0.2) is 0 Å². The SMILES string of the molecule is C/C=C(\CC1/C(=C/C2CNCN2)CCNC1C)NC(=O)CC. The first-order valence-electron chi connectivity index (χ1n) is 8.47. The summed E-state index contributed by atoms with van der Waals surface area (Å²) in [6.07, 6.45) is 6.93. The lowest BCUT2D eigenvalue weighted by Gasteiger charge is -2.34. The first-order valence-corrected chi connectivity index (χ1v) is 8.47. The molecule has 0 aromatic rings. The molecule has 1 amide bonds. The number of piperidine rings is 1. The summed E-state index contributed by atoms with van der Waals surface area (Å²) in [5, 5.41) is 13.4. The molecule has 0 radical (unpaired) electrons. The van der Waals surface area contributed by atoms with Crippen LogP contribution in [0.25, 0.3) is 0 Å². The van der Waals surface area contributed by atoms with E-state index >= 15 is 0 Å². The maximum absolute atomic E-state index is 11.7. The van der Waals surface area contributed by atoms with Gasteiger partial charge in [0.1, 0.15) is 0 Å². The van der Waals surface area contributed by atoms with Gasteiger partial charge in [0.05, 0.1) is 0 Å². The Bertz CT molecular complexity index is 438. The van der Waals surface area contributed by atoms with Crippen LogP contribution in [0.5, 0.6) is 0 Å². The Kier molecular flexibility index (Phi) is 6.61. The van der Waals surface area contributed by atoms with Crippen LogP contribution in [0.4, 0.5) is 0 Å². The number of amides is 1. The monoisotopic (exact) mass is 306 g/mol. The van der Waals surface area contributed by atoms with Crippen molar-refractivity contribution in [3.63, 3.8) is 0 Å². The molecular formula is C17H30N4O. The van der Waals surface area contributed by atoms with E-state index in [4.69, 9.17) is 0 Å². The van der Waals surface area contributed by atoms with Crippen LogP contribution in [0, 0.1) is 5.92 Å². The van der Waals surface area contributed by atoms with Gasteiger partial charge in [0, 0.05) is 43.3 Å². The van der Waals surface area contributed by atoms with E-state index in [9.17, 15) is 4.79 Å². The molecule has 2 heterocycles. The second-order valence-electron chi connectivity index (χ2n) is 6.20. The van der Waals surface area contributed by atoms with Crippen LogP contribution in [0.3, 0.4) is 0 Å². The third-order valence-corrected chi connectivity index (χ3v) is 4.64. The molecule has 2 fully saturated rings. The van der Waals surface area contributed by atoms with Crippen molar-refractivity contribution in [3.05, 3.63) is 23.4 Å². The fourth-order valence-corrected chi connectivity index (χ4v) is 3.23. The molecule has 5 nitrogen and oxygen atoms in total. The lowest BCUT2D eigenvalue weighted by Crippen LogP contribution is -2.42. The van der Waals surface area contributed by atoms with Crippen molar-refractivity contribution in [2.45, 2.75) is 52.1 Å². The third-order valence-electron chi connectivity index (χ3n) is 4.64. The molecule has 5 heteroatoms. The van der Waals surface area contributed by atoms with Crippen LogP contribution in [0.1, 0.15) is 40.0 Å². The predicted molar refractivity (Wildman–Crippen MR) is 90.3 cm³/mol. The predicted octanol–water partition coefficient (Wildman–Crippen LogP) is 1.25. The van der Waals surface area contributed by atoms with Gasteiger partial charge in [0.15, 0.2) is 0 Å². The Labute approximate surface area is 134 Å². The zero-order chi connectivity index (χ0) is 15.9. The molecule has 3 unspecified atom stereocenters. The van der Waals surface area contributed by atoms with Crippen molar-refractivity contribution >= 4 is 5.91 Å². The second-order valence-corrected chi connectivity index (χ2v) is 6.20. The number of carbonyl (C=O) groups is 1. The molecule has 0 aromatic heterocycles. The van der Waals surface area contributed by atoms with E-state index in [0.29, 0.717) is 24.4 Å². The Morgan fingerprint density at radius 2 is 2.23 bits per heavy atom. The highest BCUT2D eigenvalue weighted by atomic mass is 16.1. The van der Waals surface area contributed by atoms with E-state index in [1.54, 1.807) is 0 Å². The minimum atomic E-state index is 0.0942. The van der Waals surface area contributed by atoms with Gasteiger partial charge in [-0.15, -0.1) is 0 Å². The van der Waals surface area contributed by atoms with Gasteiger partial charge in [-0.2, -0.15) is 0 Å². The van der Waals surface area contributed by atoms with Crippen molar-refractivity contribution in [2.24, 2.45) is 5.92 Å². The molecule has 22 heavy (non-hydrogen) atoms. The Morgan fingerprint density at radius 3 is 2.86 bits per heavy atom. The molecule has 2 aliphatic rings. The van der Waals surface area contributed by atoms with Gasteiger partial charge < -0.3 is 16.0 Å². The first kappa shape index (κ1) is 17.2. The molecule has 2 rings (SSSR count). The summed E-state index contributed by atoms with van der Waals surface area (Å²) in [6.45, 7) is 9.05. The van der Waals surface area contributed by atoms with E-state index in [1.807, 2.05) is 19.9 Å². The maximum Gasteiger partial charge on any atom is 0.223 e. The van der Waals surface area contributed by atoms with E-state index in [-0.39, 0.29) is 5.91 Å². The molecule has 4 N–H and O–H groups in total. The summed E-state index contributed by atoms with van der Waals surface area (Å²) >= 11 is 0. The zero-order valence-corrected chi connectivity index (χ0v) is 14.0. The van der Waals surface area contributed by atoms with E-state index in [1.165, 1.54) is 5.57 Å². The summed E-state index contributed by atoms with van der Waals surface area (Å²) in [5.41, 5.74) is 2.55. The van der Waals surface area contributed by atoms with Crippen LogP contribution in [-0.2, 0) is 4.79 Å². The van der Waals surface area contributed by atoms with E-state index in [0.717, 1.165) is 38.3 Å². The topological polar surface area (TPSA) is 65.2 Å². The van der Waals surface area contributed by atoms with Crippen LogP contribution < -0.4 is 21.3 Å². The molecule has 124 valence electrons. The van der Waals surface area contributed by atoms with Gasteiger partial charge in [-0.05, 0) is 33.2 Å². The average Bonchev–Trinajstić information content (AvgIpc) is 3.02. The largest absolute Gasteiger partial charge is 0.330 e. The van der Waals surface area contributed by atoms with Gasteiger partial charge in [0.2, 0.25) is 5.91 Å². The minimum Gasteiger partial charge on any atom is -0.330 e. The summed E-state index contributed by atoms with van der Waals surface area (Å²) < 4.78 is 0. The highest BCUT2D eigenvalue weighted by Crippen LogP contribution is 2.29. The lowest BCUT2D eigenvalue weighted by atomic mass is 9.82. The number of hydrogen-bond acceptors (Lipinski definition) is 4. The lowest BCUT2D eigenvalue weighted by molar-refractivity contribution is -0.120. The zero-order valence-electron chi connectivity index (χ0n) is 14.0. The fourth-order valence-electron chi connectivity index (χ4n) is 3.23. The highest BCUT2D eigenvalue weighted by Gasteiger charge is 2.27. The standard InChI is InChI=1S/C17H30N4O/c1-4-14(21-17(22)5-2)9-16-12(3)19-7-6-13(16)8-15-10-18-11-20-15/h4,8,12,15-16,18-20H,5-7,9-11H2,1-3H3,(H,21,22)/b13-8+,14-4+. The maximum atomic E-state index is 11.7. The molecule has 3 atom stereocenters. The quantitative estimate of drug-likeness (QED) is 0.577. The summed E-state index contributed by atoms with van der Waals surface area (Å²) in [7, 11) is 0. The molecule has 2 saturated heterocycles. The Morgan fingerprint density at radius 1 is 1.41 bits per heavy atom. The smallest absolute Gasteiger partial charge is 0.223 e. The van der Waals surface area contributed by atoms with Gasteiger partial charge in [-0.1, -0.05) is 24.6 Å².